The van der Waals surface area contributed by atoms with E-state index in [9.17, 15) is 4.79 Å². The number of esters is 1. The van der Waals surface area contributed by atoms with Gasteiger partial charge >= 0.3 is 5.97 Å². The Bertz CT molecular complexity index is 675. The first kappa shape index (κ1) is 12.1. The molecule has 3 nitrogen and oxygen atoms in total. The number of nitrogens with zero attached hydrogens (tertiary/aromatic N) is 1. The Morgan fingerprint density at radius 2 is 1.89 bits per heavy atom. The second-order valence-corrected chi connectivity index (χ2v) is 5.50. The van der Waals surface area contributed by atoms with Crippen molar-refractivity contribution < 1.29 is 9.53 Å². The first-order valence-electron chi connectivity index (χ1n) is 5.59. The van der Waals surface area contributed by atoms with Crippen molar-refractivity contribution >= 4 is 28.6 Å². The van der Waals surface area contributed by atoms with Crippen LogP contribution in [0.1, 0.15) is 9.67 Å². The third kappa shape index (κ3) is 2.72. The van der Waals surface area contributed by atoms with Crippen molar-refractivity contribution in [3.05, 3.63) is 58.1 Å². The van der Waals surface area contributed by atoms with E-state index in [1.165, 1.54) is 22.7 Å². The predicted molar refractivity (Wildman–Crippen MR) is 76.8 cm³/mol. The van der Waals surface area contributed by atoms with Crippen molar-refractivity contribution in [3.63, 3.8) is 0 Å². The summed E-state index contributed by atoms with van der Waals surface area (Å²) in [6.45, 7) is 0. The van der Waals surface area contributed by atoms with E-state index < -0.39 is 0 Å². The summed E-state index contributed by atoms with van der Waals surface area (Å²) in [7, 11) is 0. The third-order valence-electron chi connectivity index (χ3n) is 2.46. The van der Waals surface area contributed by atoms with Crippen molar-refractivity contribution in [1.29, 1.82) is 0 Å². The van der Waals surface area contributed by atoms with Gasteiger partial charge in [0.15, 0.2) is 0 Å². The van der Waals surface area contributed by atoms with Gasteiger partial charge in [-0.15, -0.1) is 11.3 Å². The van der Waals surface area contributed by atoms with E-state index in [1.54, 1.807) is 6.07 Å². The Balaban J connectivity index is 1.77. The number of thiazole rings is 1. The molecule has 3 aromatic rings. The molecule has 19 heavy (non-hydrogen) atoms. The van der Waals surface area contributed by atoms with E-state index in [2.05, 4.69) is 4.98 Å². The van der Waals surface area contributed by atoms with Crippen LogP contribution in [0.2, 0.25) is 0 Å². The van der Waals surface area contributed by atoms with Gasteiger partial charge in [0, 0.05) is 10.9 Å². The van der Waals surface area contributed by atoms with Gasteiger partial charge in [0.1, 0.15) is 4.88 Å². The fourth-order valence-corrected chi connectivity index (χ4v) is 2.84. The molecule has 0 aliphatic heterocycles. The van der Waals surface area contributed by atoms with E-state index in [0.29, 0.717) is 10.1 Å². The van der Waals surface area contributed by atoms with Crippen molar-refractivity contribution in [2.75, 3.05) is 0 Å². The standard InChI is InChI=1S/C14H9NO2S2/c16-13(12-7-4-8-18-12)17-14-15-11(9-19-14)10-5-2-1-3-6-10/h1-9H. The Hall–Kier alpha value is -1.98. The molecule has 2 heterocycles. The molecule has 2 aromatic heterocycles. The van der Waals surface area contributed by atoms with E-state index in [0.717, 1.165) is 11.3 Å². The van der Waals surface area contributed by atoms with Gasteiger partial charge in [0.25, 0.3) is 5.19 Å². The van der Waals surface area contributed by atoms with E-state index in [1.807, 2.05) is 47.2 Å². The molecule has 0 saturated carbocycles. The van der Waals surface area contributed by atoms with Gasteiger partial charge in [-0.3, -0.25) is 0 Å². The molecule has 0 amide bonds. The van der Waals surface area contributed by atoms with Crippen LogP contribution >= 0.6 is 22.7 Å². The lowest BCUT2D eigenvalue weighted by atomic mass is 10.2. The number of hydrogen-bond donors (Lipinski definition) is 0. The van der Waals surface area contributed by atoms with Crippen LogP contribution in [-0.4, -0.2) is 11.0 Å². The van der Waals surface area contributed by atoms with Gasteiger partial charge < -0.3 is 4.74 Å². The summed E-state index contributed by atoms with van der Waals surface area (Å²) >= 11 is 2.68. The second kappa shape index (κ2) is 5.34. The summed E-state index contributed by atoms with van der Waals surface area (Å²) in [6.07, 6.45) is 0. The number of aromatic nitrogens is 1. The lowest BCUT2D eigenvalue weighted by Crippen LogP contribution is -2.05. The number of hydrogen-bond acceptors (Lipinski definition) is 5. The molecule has 0 fully saturated rings. The Kier molecular flexibility index (Phi) is 3.39. The predicted octanol–water partition coefficient (Wildman–Crippen LogP) is 4.09. The largest absolute Gasteiger partial charge is 0.394 e. The fourth-order valence-electron chi connectivity index (χ4n) is 1.57. The molecule has 0 aliphatic carbocycles. The highest BCUT2D eigenvalue weighted by Crippen LogP contribution is 2.27. The maximum Gasteiger partial charge on any atom is 0.355 e. The fraction of sp³-hybridized carbons (Fsp3) is 0. The first-order chi connectivity index (χ1) is 9.33. The molecule has 94 valence electrons. The van der Waals surface area contributed by atoms with Crippen LogP contribution < -0.4 is 4.74 Å². The van der Waals surface area contributed by atoms with Crippen LogP contribution in [0.4, 0.5) is 0 Å². The van der Waals surface area contributed by atoms with Crippen molar-refractivity contribution in [2.45, 2.75) is 0 Å². The Morgan fingerprint density at radius 3 is 2.63 bits per heavy atom. The number of benzene rings is 1. The summed E-state index contributed by atoms with van der Waals surface area (Å²) in [5.41, 5.74) is 1.83. The van der Waals surface area contributed by atoms with Crippen LogP contribution in [0, 0.1) is 0 Å². The molecule has 0 atom stereocenters. The molecule has 3 rings (SSSR count). The molecule has 0 N–H and O–H groups in total. The Labute approximate surface area is 118 Å². The molecular formula is C14H9NO2S2. The van der Waals surface area contributed by atoms with Crippen molar-refractivity contribution in [3.8, 4) is 16.5 Å². The van der Waals surface area contributed by atoms with Crippen LogP contribution in [0.15, 0.2) is 53.2 Å². The SMILES string of the molecule is O=C(Oc1nc(-c2ccccc2)cs1)c1cccs1. The van der Waals surface area contributed by atoms with Gasteiger partial charge in [0.05, 0.1) is 5.69 Å². The van der Waals surface area contributed by atoms with E-state index in [4.69, 9.17) is 4.74 Å². The monoisotopic (exact) mass is 287 g/mol. The van der Waals surface area contributed by atoms with Gasteiger partial charge in [0.2, 0.25) is 0 Å². The minimum absolute atomic E-state index is 0.357. The molecule has 1 aromatic carbocycles. The minimum Gasteiger partial charge on any atom is -0.394 e. The summed E-state index contributed by atoms with van der Waals surface area (Å²) < 4.78 is 5.24. The minimum atomic E-state index is -0.357. The summed E-state index contributed by atoms with van der Waals surface area (Å²) in [5, 5.41) is 4.09. The Morgan fingerprint density at radius 1 is 1.05 bits per heavy atom. The van der Waals surface area contributed by atoms with Crippen LogP contribution in [0.25, 0.3) is 11.3 Å². The lowest BCUT2D eigenvalue weighted by Gasteiger charge is -1.97. The highest BCUT2D eigenvalue weighted by Gasteiger charge is 2.12. The molecule has 0 bridgehead atoms. The molecule has 0 aliphatic rings. The maximum absolute atomic E-state index is 11.8. The zero-order valence-electron chi connectivity index (χ0n) is 9.78. The third-order valence-corrected chi connectivity index (χ3v) is 4.02. The van der Waals surface area contributed by atoms with Gasteiger partial charge in [-0.2, -0.15) is 0 Å². The molecule has 0 unspecified atom stereocenters. The second-order valence-electron chi connectivity index (χ2n) is 3.73. The normalized spacial score (nSPS) is 10.3. The highest BCUT2D eigenvalue weighted by atomic mass is 32.1. The average Bonchev–Trinajstić information content (AvgIpc) is 3.11. The molecule has 0 radical (unpaired) electrons. The summed E-state index contributed by atoms with van der Waals surface area (Å²) in [6, 6.07) is 13.3. The lowest BCUT2D eigenvalue weighted by molar-refractivity contribution is 0.0739. The summed E-state index contributed by atoms with van der Waals surface area (Å²) in [4.78, 5) is 16.7. The zero-order chi connectivity index (χ0) is 13.1. The van der Waals surface area contributed by atoms with Crippen LogP contribution in [0.3, 0.4) is 0 Å². The van der Waals surface area contributed by atoms with Gasteiger partial charge in [-0.05, 0) is 11.4 Å². The molecule has 0 saturated heterocycles. The molecular weight excluding hydrogens is 278 g/mol. The average molecular weight is 287 g/mol. The number of rotatable bonds is 3. The first-order valence-corrected chi connectivity index (χ1v) is 7.35. The van der Waals surface area contributed by atoms with Gasteiger partial charge in [-0.1, -0.05) is 47.7 Å². The van der Waals surface area contributed by atoms with Crippen LogP contribution in [0.5, 0.6) is 5.19 Å². The topological polar surface area (TPSA) is 39.2 Å². The van der Waals surface area contributed by atoms with Crippen LogP contribution in [-0.2, 0) is 0 Å². The van der Waals surface area contributed by atoms with E-state index >= 15 is 0 Å². The van der Waals surface area contributed by atoms with Crippen molar-refractivity contribution in [1.82, 2.24) is 4.98 Å². The molecule has 5 heteroatoms. The quantitative estimate of drug-likeness (QED) is 0.681. The highest BCUT2D eigenvalue weighted by molar-refractivity contribution is 7.12. The maximum atomic E-state index is 11.8. The number of ether oxygens (including phenoxy) is 1. The smallest absolute Gasteiger partial charge is 0.355 e. The number of carbonyl (C=O) groups excluding carboxylic acids is 1. The molecule has 0 spiro atoms. The zero-order valence-corrected chi connectivity index (χ0v) is 11.4. The van der Waals surface area contributed by atoms with E-state index in [-0.39, 0.29) is 5.97 Å². The van der Waals surface area contributed by atoms with Gasteiger partial charge in [-0.25, -0.2) is 9.78 Å². The summed E-state index contributed by atoms with van der Waals surface area (Å²) in [5.74, 6) is -0.357. The van der Waals surface area contributed by atoms with Crippen molar-refractivity contribution in [2.24, 2.45) is 0 Å². The number of carbonyl (C=O) groups is 1. The number of thiophene rings is 1.